The van der Waals surface area contributed by atoms with Gasteiger partial charge < -0.3 is 24.7 Å². The summed E-state index contributed by atoms with van der Waals surface area (Å²) in [7, 11) is 2.74. The first kappa shape index (κ1) is 20.4. The van der Waals surface area contributed by atoms with Gasteiger partial charge in [-0.2, -0.15) is 5.10 Å². The average molecular weight is 363 g/mol. The first-order chi connectivity index (χ1) is 12.5. The maximum absolute atomic E-state index is 11.6. The Morgan fingerprint density at radius 3 is 2.74 bits per heavy atom. The second-order valence-electron chi connectivity index (χ2n) is 5.20. The first-order valence-corrected chi connectivity index (χ1v) is 7.43. The molecule has 3 aromatic heterocycles. The molecule has 3 rings (SSSR count). The Kier molecular flexibility index (Phi) is 6.52. The van der Waals surface area contributed by atoms with Gasteiger partial charge in [0.05, 0.1) is 30.5 Å². The van der Waals surface area contributed by atoms with Crippen molar-refractivity contribution >= 4 is 23.3 Å². The monoisotopic (exact) mass is 363 g/mol. The van der Waals surface area contributed by atoms with Gasteiger partial charge in [-0.05, 0) is 18.2 Å². The number of carbonyl (C=O) groups is 2. The van der Waals surface area contributed by atoms with Crippen molar-refractivity contribution < 1.29 is 43.0 Å². The van der Waals surface area contributed by atoms with Crippen LogP contribution >= 0.6 is 0 Å². The number of nitrogens with zero attached hydrogens (tertiary/aromatic N) is 4. The summed E-state index contributed by atoms with van der Waals surface area (Å²) in [6, 6.07) is 4.70. The fourth-order valence-electron chi connectivity index (χ4n) is 2.31. The van der Waals surface area contributed by atoms with E-state index in [-0.39, 0.29) is 42.8 Å². The Balaban J connectivity index is 0.00000261. The minimum absolute atomic E-state index is 0. The average Bonchev–Trinajstić information content (AvgIpc) is 3.02. The van der Waals surface area contributed by atoms with Crippen molar-refractivity contribution in [3.05, 3.63) is 36.2 Å². The van der Waals surface area contributed by atoms with Gasteiger partial charge in [0.2, 0.25) is 5.88 Å². The van der Waals surface area contributed by atoms with Gasteiger partial charge in [-0.15, -0.1) is 0 Å². The number of carbonyl (C=O) groups excluding carboxylic acids is 2. The van der Waals surface area contributed by atoms with Gasteiger partial charge in [-0.3, -0.25) is 4.79 Å². The number of ether oxygens (including phenoxy) is 2. The summed E-state index contributed by atoms with van der Waals surface area (Å²) in [6.45, 7) is -0.0872. The molecule has 0 atom stereocenters. The second kappa shape index (κ2) is 8.64. The number of nitrogens with one attached hydrogen (secondary N) is 1. The van der Waals surface area contributed by atoms with Crippen molar-refractivity contribution in [3.63, 3.8) is 0 Å². The number of methoxy groups -OCH3 is 2. The number of fused-ring (bicyclic) bond motifs is 1. The number of hydrogen-bond donors (Lipinski definition) is 1. The molecule has 3 heterocycles. The summed E-state index contributed by atoms with van der Waals surface area (Å²) in [5.41, 5.74) is 1.25. The van der Waals surface area contributed by atoms with Crippen LogP contribution in [0.2, 0.25) is 0 Å². The molecule has 0 aliphatic rings. The maximum atomic E-state index is 11.6. The van der Waals surface area contributed by atoms with E-state index < -0.39 is 5.97 Å². The van der Waals surface area contributed by atoms with Crippen LogP contribution < -0.4 is 34.0 Å². The van der Waals surface area contributed by atoms with Crippen LogP contribution in [-0.2, 0) is 9.53 Å². The Labute approximate surface area is 165 Å². The van der Waals surface area contributed by atoms with E-state index in [9.17, 15) is 14.7 Å². The van der Waals surface area contributed by atoms with Crippen molar-refractivity contribution in [3.8, 4) is 17.1 Å². The Bertz CT molecular complexity index is 990. The largest absolute Gasteiger partial charge is 1.00 e. The molecule has 134 valence electrons. The molecule has 3 aromatic rings. The van der Waals surface area contributed by atoms with Crippen molar-refractivity contribution in [2.45, 2.75) is 0 Å². The SMILES string of the molecule is COCC(=O)Nc1cn2nc(-c3cnc(OC)c(C(=O)[O-])c3)ccc2n1.[Li+]. The zero-order valence-corrected chi connectivity index (χ0v) is 14.9. The molecular weight excluding hydrogens is 349 g/mol. The number of aromatic carboxylic acids is 1. The Morgan fingerprint density at radius 1 is 1.30 bits per heavy atom. The summed E-state index contributed by atoms with van der Waals surface area (Å²) in [4.78, 5) is 30.9. The molecule has 0 saturated carbocycles. The van der Waals surface area contributed by atoms with E-state index in [1.54, 1.807) is 12.1 Å². The predicted molar refractivity (Wildman–Crippen MR) is 87.6 cm³/mol. The predicted octanol–water partition coefficient (Wildman–Crippen LogP) is -3.25. The molecular formula is C16H14LiN5O5. The molecule has 0 bridgehead atoms. The van der Waals surface area contributed by atoms with Crippen LogP contribution in [0.3, 0.4) is 0 Å². The van der Waals surface area contributed by atoms with Crippen molar-refractivity contribution in [2.75, 3.05) is 26.1 Å². The fraction of sp³-hybridized carbons (Fsp3) is 0.188. The van der Waals surface area contributed by atoms with E-state index in [4.69, 9.17) is 9.47 Å². The molecule has 11 heteroatoms. The third kappa shape index (κ3) is 4.43. The third-order valence-electron chi connectivity index (χ3n) is 3.42. The number of carboxylic acids is 1. The van der Waals surface area contributed by atoms with E-state index in [1.807, 2.05) is 0 Å². The summed E-state index contributed by atoms with van der Waals surface area (Å²) in [5.74, 6) is -1.46. The number of pyridine rings is 1. The summed E-state index contributed by atoms with van der Waals surface area (Å²) in [5, 5.41) is 18.2. The van der Waals surface area contributed by atoms with Crippen molar-refractivity contribution in [1.29, 1.82) is 0 Å². The van der Waals surface area contributed by atoms with Gasteiger partial charge in [0.25, 0.3) is 5.91 Å². The minimum atomic E-state index is -1.40. The molecule has 0 unspecified atom stereocenters. The van der Waals surface area contributed by atoms with Gasteiger partial charge in [-0.1, -0.05) is 0 Å². The van der Waals surface area contributed by atoms with Crippen LogP contribution in [0.1, 0.15) is 10.4 Å². The van der Waals surface area contributed by atoms with Gasteiger partial charge in [0, 0.05) is 18.9 Å². The number of carboxylic acid groups (broad SMARTS) is 1. The fourth-order valence-corrected chi connectivity index (χ4v) is 2.31. The Hall–Kier alpha value is -2.93. The molecule has 27 heavy (non-hydrogen) atoms. The van der Waals surface area contributed by atoms with Gasteiger partial charge in [0.15, 0.2) is 11.5 Å². The zero-order valence-electron chi connectivity index (χ0n) is 14.9. The zero-order chi connectivity index (χ0) is 18.7. The van der Waals surface area contributed by atoms with Crippen LogP contribution in [0.5, 0.6) is 5.88 Å². The van der Waals surface area contributed by atoms with Crippen LogP contribution in [0.25, 0.3) is 16.9 Å². The first-order valence-electron chi connectivity index (χ1n) is 7.43. The normalized spacial score (nSPS) is 10.3. The van der Waals surface area contributed by atoms with E-state index >= 15 is 0 Å². The molecule has 0 fully saturated rings. The minimum Gasteiger partial charge on any atom is -0.545 e. The topological polar surface area (TPSA) is 131 Å². The standard InChI is InChI=1S/C16H15N5O5.Li/c1-25-8-14(22)19-12-7-21-13(18-12)4-3-11(20-21)9-5-10(16(23)24)15(26-2)17-6-9;/h3-7H,8H2,1-2H3,(H,19,22)(H,23,24);/q;+1/p-1. The van der Waals surface area contributed by atoms with E-state index in [2.05, 4.69) is 20.4 Å². The van der Waals surface area contributed by atoms with Crippen LogP contribution in [0.15, 0.2) is 30.6 Å². The van der Waals surface area contributed by atoms with E-state index in [1.165, 1.54) is 37.2 Å². The number of hydrogen-bond acceptors (Lipinski definition) is 8. The number of amides is 1. The van der Waals surface area contributed by atoms with Crippen LogP contribution in [0.4, 0.5) is 5.82 Å². The van der Waals surface area contributed by atoms with Crippen LogP contribution in [-0.4, -0.2) is 52.3 Å². The third-order valence-corrected chi connectivity index (χ3v) is 3.42. The molecule has 0 aliphatic heterocycles. The smallest absolute Gasteiger partial charge is 0.545 e. The number of anilines is 1. The molecule has 10 nitrogen and oxygen atoms in total. The molecule has 1 amide bonds. The second-order valence-corrected chi connectivity index (χ2v) is 5.20. The van der Waals surface area contributed by atoms with E-state index in [0.717, 1.165) is 0 Å². The molecule has 0 aliphatic carbocycles. The van der Waals surface area contributed by atoms with Gasteiger partial charge in [0.1, 0.15) is 6.61 Å². The molecule has 0 radical (unpaired) electrons. The summed E-state index contributed by atoms with van der Waals surface area (Å²) in [6.07, 6.45) is 2.97. The summed E-state index contributed by atoms with van der Waals surface area (Å²) >= 11 is 0. The van der Waals surface area contributed by atoms with Gasteiger partial charge >= 0.3 is 18.9 Å². The molecule has 0 aromatic carbocycles. The number of rotatable bonds is 6. The molecule has 1 N–H and O–H groups in total. The maximum Gasteiger partial charge on any atom is 1.00 e. The summed E-state index contributed by atoms with van der Waals surface area (Å²) < 4.78 is 11.1. The van der Waals surface area contributed by atoms with Gasteiger partial charge in [-0.25, -0.2) is 14.5 Å². The van der Waals surface area contributed by atoms with Crippen molar-refractivity contribution in [2.24, 2.45) is 0 Å². The molecule has 0 saturated heterocycles. The van der Waals surface area contributed by atoms with Crippen molar-refractivity contribution in [1.82, 2.24) is 19.6 Å². The number of aromatic nitrogens is 4. The van der Waals surface area contributed by atoms with Crippen LogP contribution in [0, 0.1) is 0 Å². The van der Waals surface area contributed by atoms with E-state index in [0.29, 0.717) is 22.7 Å². The quantitative estimate of drug-likeness (QED) is 0.452. The molecule has 0 spiro atoms. The number of imidazole rings is 1. The Morgan fingerprint density at radius 2 is 2.07 bits per heavy atom.